The molecule has 2 bridgehead atoms. The molecular formula is C19H32N2O3. The molecule has 0 heterocycles. The largest absolute Gasteiger partial charge is 0.330 e. The molecule has 0 aromatic carbocycles. The summed E-state index contributed by atoms with van der Waals surface area (Å²) in [6.07, 6.45) is 7.39. The second kappa shape index (κ2) is 6.51. The van der Waals surface area contributed by atoms with Crippen molar-refractivity contribution in [3.05, 3.63) is 33.9 Å². The average molecular weight is 336 g/mol. The first kappa shape index (κ1) is 19.0. The Balaban J connectivity index is 2.43. The minimum atomic E-state index is -0.643. The number of hydrogen-bond acceptors (Lipinski definition) is 4. The molecule has 1 fully saturated rings. The highest BCUT2D eigenvalue weighted by Crippen LogP contribution is 2.61. The van der Waals surface area contributed by atoms with E-state index < -0.39 is 11.2 Å². The van der Waals surface area contributed by atoms with Crippen molar-refractivity contribution >= 4 is 0 Å². The number of fused-ring (bicyclic) bond motifs is 2. The molecule has 2 aliphatic rings. The molecule has 24 heavy (non-hydrogen) atoms. The zero-order chi connectivity index (χ0) is 18.2. The van der Waals surface area contributed by atoms with Crippen LogP contribution in [0.1, 0.15) is 66.2 Å². The maximum atomic E-state index is 10.9. The number of rotatable bonds is 7. The van der Waals surface area contributed by atoms with Crippen LogP contribution in [0.3, 0.4) is 0 Å². The van der Waals surface area contributed by atoms with Crippen LogP contribution in [-0.2, 0) is 4.84 Å². The van der Waals surface area contributed by atoms with E-state index in [1.165, 1.54) is 11.1 Å². The third-order valence-electron chi connectivity index (χ3n) is 6.30. The summed E-state index contributed by atoms with van der Waals surface area (Å²) in [7, 11) is 0. The fourth-order valence-electron chi connectivity index (χ4n) is 5.40. The Morgan fingerprint density at radius 2 is 2.12 bits per heavy atom. The topological polar surface area (TPSA) is 78.4 Å². The van der Waals surface area contributed by atoms with Crippen LogP contribution in [0.4, 0.5) is 0 Å². The zero-order valence-electron chi connectivity index (χ0n) is 15.6. The van der Waals surface area contributed by atoms with Gasteiger partial charge in [0.05, 0.1) is 0 Å². The maximum Gasteiger partial charge on any atom is 0.294 e. The van der Waals surface area contributed by atoms with Crippen LogP contribution in [0, 0.1) is 26.4 Å². The van der Waals surface area contributed by atoms with Gasteiger partial charge in [-0.15, -0.1) is 10.1 Å². The lowest BCUT2D eigenvalue weighted by atomic mass is 9.50. The molecule has 4 unspecified atom stereocenters. The smallest absolute Gasteiger partial charge is 0.294 e. The molecule has 2 N–H and O–H groups in total. The summed E-state index contributed by atoms with van der Waals surface area (Å²) in [5, 5.41) is 10.3. The molecule has 5 nitrogen and oxygen atoms in total. The van der Waals surface area contributed by atoms with Crippen molar-refractivity contribution in [2.45, 2.75) is 72.3 Å². The Kier molecular flexibility index (Phi) is 5.14. The van der Waals surface area contributed by atoms with E-state index >= 15 is 0 Å². The fraction of sp³-hybridized carbons (Fsp3) is 0.789. The quantitative estimate of drug-likeness (QED) is 0.424. The van der Waals surface area contributed by atoms with Gasteiger partial charge in [-0.2, -0.15) is 0 Å². The molecule has 4 atom stereocenters. The van der Waals surface area contributed by atoms with Gasteiger partial charge < -0.3 is 10.6 Å². The third kappa shape index (κ3) is 3.51. The first-order valence-electron chi connectivity index (χ1n) is 8.96. The molecule has 2 rings (SSSR count). The number of allylic oxidation sites excluding steroid dienone is 2. The molecule has 0 aromatic rings. The van der Waals surface area contributed by atoms with E-state index in [-0.39, 0.29) is 16.2 Å². The molecule has 2 aliphatic carbocycles. The van der Waals surface area contributed by atoms with Crippen LogP contribution in [0.15, 0.2) is 23.8 Å². The number of nitrogens with two attached hydrogens (primary N) is 1. The molecule has 0 aliphatic heterocycles. The van der Waals surface area contributed by atoms with Crippen molar-refractivity contribution in [2.75, 3.05) is 6.54 Å². The average Bonchev–Trinajstić information content (AvgIpc) is 2.42. The molecule has 0 saturated heterocycles. The van der Waals surface area contributed by atoms with Gasteiger partial charge in [0, 0.05) is 5.41 Å². The first-order chi connectivity index (χ1) is 11.1. The Morgan fingerprint density at radius 3 is 2.62 bits per heavy atom. The normalized spacial score (nSPS) is 36.6. The van der Waals surface area contributed by atoms with Crippen molar-refractivity contribution in [2.24, 2.45) is 22.0 Å². The molecule has 5 heteroatoms. The molecule has 0 amide bonds. The predicted octanol–water partition coefficient (Wildman–Crippen LogP) is 4.41. The monoisotopic (exact) mass is 336 g/mol. The van der Waals surface area contributed by atoms with Crippen LogP contribution in [0.2, 0.25) is 0 Å². The second-order valence-corrected chi connectivity index (χ2v) is 8.62. The highest BCUT2D eigenvalue weighted by molar-refractivity contribution is 5.28. The van der Waals surface area contributed by atoms with E-state index in [0.717, 1.165) is 32.1 Å². The van der Waals surface area contributed by atoms with Crippen molar-refractivity contribution < 1.29 is 9.92 Å². The summed E-state index contributed by atoms with van der Waals surface area (Å²) in [6, 6.07) is 0. The van der Waals surface area contributed by atoms with E-state index in [1.54, 1.807) is 0 Å². The molecule has 0 aromatic heterocycles. The van der Waals surface area contributed by atoms with Gasteiger partial charge in [0.25, 0.3) is 5.09 Å². The highest BCUT2D eigenvalue weighted by atomic mass is 17.0. The van der Waals surface area contributed by atoms with Gasteiger partial charge in [-0.1, -0.05) is 44.6 Å². The Bertz CT molecular complexity index is 559. The minimum Gasteiger partial charge on any atom is -0.330 e. The van der Waals surface area contributed by atoms with Crippen LogP contribution >= 0.6 is 0 Å². The highest BCUT2D eigenvalue weighted by Gasteiger charge is 2.52. The Hall–Kier alpha value is -1.36. The minimum absolute atomic E-state index is 0.0895. The summed E-state index contributed by atoms with van der Waals surface area (Å²) in [4.78, 5) is 16.0. The van der Waals surface area contributed by atoms with E-state index in [0.29, 0.717) is 13.0 Å². The first-order valence-corrected chi connectivity index (χ1v) is 8.96. The zero-order valence-corrected chi connectivity index (χ0v) is 15.6. The van der Waals surface area contributed by atoms with E-state index in [9.17, 15) is 10.1 Å². The van der Waals surface area contributed by atoms with Crippen LogP contribution < -0.4 is 5.73 Å². The van der Waals surface area contributed by atoms with Crippen molar-refractivity contribution in [1.29, 1.82) is 0 Å². The van der Waals surface area contributed by atoms with Crippen molar-refractivity contribution in [1.82, 2.24) is 0 Å². The summed E-state index contributed by atoms with van der Waals surface area (Å²) >= 11 is 0. The second-order valence-electron chi connectivity index (χ2n) is 8.62. The molecule has 1 saturated carbocycles. The summed E-state index contributed by atoms with van der Waals surface area (Å²) < 4.78 is 0. The maximum absolute atomic E-state index is 10.9. The van der Waals surface area contributed by atoms with Gasteiger partial charge in [0.1, 0.15) is 6.10 Å². The molecule has 0 radical (unpaired) electrons. The molecular weight excluding hydrogens is 304 g/mol. The SMILES string of the molecule is C=C(C)C1(C)CC2=CC(C)(C(CC)O[N+](=O)[O-])CC(CCN)(C2)C1. The Labute approximate surface area is 145 Å². The third-order valence-corrected chi connectivity index (χ3v) is 6.30. The van der Waals surface area contributed by atoms with Crippen molar-refractivity contribution in [3.63, 3.8) is 0 Å². The van der Waals surface area contributed by atoms with Crippen LogP contribution in [0.25, 0.3) is 0 Å². The molecule has 0 spiro atoms. The van der Waals surface area contributed by atoms with Gasteiger partial charge in [-0.25, -0.2) is 0 Å². The lowest BCUT2D eigenvalue weighted by Gasteiger charge is -2.55. The lowest BCUT2D eigenvalue weighted by Crippen LogP contribution is -2.48. The van der Waals surface area contributed by atoms with Gasteiger partial charge >= 0.3 is 0 Å². The summed E-state index contributed by atoms with van der Waals surface area (Å²) in [5.74, 6) is 0. The number of hydrogen-bond donors (Lipinski definition) is 1. The summed E-state index contributed by atoms with van der Waals surface area (Å²) in [5.41, 5.74) is 8.41. The van der Waals surface area contributed by atoms with Gasteiger partial charge in [-0.05, 0) is 62.8 Å². The lowest BCUT2D eigenvalue weighted by molar-refractivity contribution is -0.772. The fourth-order valence-corrected chi connectivity index (χ4v) is 5.40. The van der Waals surface area contributed by atoms with Gasteiger partial charge in [0.2, 0.25) is 0 Å². The van der Waals surface area contributed by atoms with Crippen molar-refractivity contribution in [3.8, 4) is 0 Å². The standard InChI is InChI=1S/C19H32N2O3/c1-6-16(24-21(22)23)18(5)10-15-9-17(4,14(2)3)12-19(11-15,13-18)7-8-20/h10,16H,2,6-9,11-13,20H2,1,3-5H3. The van der Waals surface area contributed by atoms with E-state index in [4.69, 9.17) is 10.6 Å². The number of nitrogens with zero attached hydrogens (tertiary/aromatic N) is 1. The van der Waals surface area contributed by atoms with Crippen LogP contribution in [0.5, 0.6) is 0 Å². The van der Waals surface area contributed by atoms with Crippen LogP contribution in [-0.4, -0.2) is 17.7 Å². The van der Waals surface area contributed by atoms with E-state index in [1.807, 2.05) is 6.92 Å². The summed E-state index contributed by atoms with van der Waals surface area (Å²) in [6.45, 7) is 13.3. The van der Waals surface area contributed by atoms with E-state index in [2.05, 4.69) is 33.4 Å². The van der Waals surface area contributed by atoms with Gasteiger partial charge in [-0.3, -0.25) is 0 Å². The Morgan fingerprint density at radius 1 is 1.46 bits per heavy atom. The predicted molar refractivity (Wildman–Crippen MR) is 95.8 cm³/mol. The molecule has 136 valence electrons. The van der Waals surface area contributed by atoms with Gasteiger partial charge in [0.15, 0.2) is 0 Å².